The van der Waals surface area contributed by atoms with Crippen molar-refractivity contribution in [3.8, 4) is 0 Å². The summed E-state index contributed by atoms with van der Waals surface area (Å²) in [4.78, 5) is 2.49. The zero-order valence-electron chi connectivity index (χ0n) is 9.34. The van der Waals surface area contributed by atoms with Crippen molar-refractivity contribution in [2.75, 3.05) is 26.2 Å². The van der Waals surface area contributed by atoms with Crippen LogP contribution in [-0.2, 0) is 4.74 Å². The molecular formula is C11H22ClNO. The third kappa shape index (κ3) is 5.18. The van der Waals surface area contributed by atoms with E-state index >= 15 is 0 Å². The number of piperidine rings is 1. The molecule has 1 rings (SSSR count). The molecule has 0 spiro atoms. The molecule has 1 aliphatic rings. The summed E-state index contributed by atoms with van der Waals surface area (Å²) in [5, 5.41) is 0.415. The molecule has 2 nitrogen and oxygen atoms in total. The van der Waals surface area contributed by atoms with Gasteiger partial charge >= 0.3 is 0 Å². The van der Waals surface area contributed by atoms with Crippen molar-refractivity contribution in [2.24, 2.45) is 0 Å². The Hall–Kier alpha value is 0.210. The number of likely N-dealkylation sites (tertiary alicyclic amines) is 1. The van der Waals surface area contributed by atoms with Gasteiger partial charge in [-0.2, -0.15) is 0 Å². The van der Waals surface area contributed by atoms with Gasteiger partial charge in [0.15, 0.2) is 0 Å². The molecule has 3 heteroatoms. The standard InChI is InChI=1S/C11H22ClNO/c1-10(2)14-9-3-6-13-7-4-11(12)5-8-13/h10-11H,3-9H2,1-2H3. The van der Waals surface area contributed by atoms with E-state index in [0.717, 1.165) is 45.5 Å². The van der Waals surface area contributed by atoms with Gasteiger partial charge in [-0.25, -0.2) is 0 Å². The Morgan fingerprint density at radius 1 is 1.36 bits per heavy atom. The lowest BCUT2D eigenvalue weighted by Gasteiger charge is -2.29. The Labute approximate surface area is 92.6 Å². The fourth-order valence-electron chi connectivity index (χ4n) is 1.73. The zero-order valence-corrected chi connectivity index (χ0v) is 10.1. The summed E-state index contributed by atoms with van der Waals surface area (Å²) in [7, 11) is 0. The van der Waals surface area contributed by atoms with Crippen molar-refractivity contribution >= 4 is 11.6 Å². The van der Waals surface area contributed by atoms with Crippen LogP contribution in [0.25, 0.3) is 0 Å². The number of halogens is 1. The topological polar surface area (TPSA) is 12.5 Å². The van der Waals surface area contributed by atoms with Crippen LogP contribution in [0.3, 0.4) is 0 Å². The zero-order chi connectivity index (χ0) is 10.4. The maximum atomic E-state index is 6.03. The van der Waals surface area contributed by atoms with Gasteiger partial charge in [0, 0.05) is 18.5 Å². The molecule has 1 heterocycles. The van der Waals surface area contributed by atoms with Gasteiger partial charge in [0.1, 0.15) is 0 Å². The predicted octanol–water partition coefficient (Wildman–Crippen LogP) is 2.50. The predicted molar refractivity (Wildman–Crippen MR) is 61.0 cm³/mol. The Morgan fingerprint density at radius 3 is 2.57 bits per heavy atom. The second kappa shape index (κ2) is 6.65. The minimum absolute atomic E-state index is 0.364. The molecule has 0 saturated carbocycles. The van der Waals surface area contributed by atoms with Gasteiger partial charge in [-0.15, -0.1) is 11.6 Å². The summed E-state index contributed by atoms with van der Waals surface area (Å²) >= 11 is 6.03. The maximum absolute atomic E-state index is 6.03. The smallest absolute Gasteiger partial charge is 0.0518 e. The van der Waals surface area contributed by atoms with Crippen LogP contribution in [0, 0.1) is 0 Å². The highest BCUT2D eigenvalue weighted by Crippen LogP contribution is 2.15. The lowest BCUT2D eigenvalue weighted by atomic mass is 10.1. The monoisotopic (exact) mass is 219 g/mol. The van der Waals surface area contributed by atoms with Gasteiger partial charge in [0.25, 0.3) is 0 Å². The van der Waals surface area contributed by atoms with E-state index in [0.29, 0.717) is 11.5 Å². The molecule has 0 aliphatic carbocycles. The molecule has 0 radical (unpaired) electrons. The fourth-order valence-corrected chi connectivity index (χ4v) is 1.93. The number of ether oxygens (including phenoxy) is 1. The van der Waals surface area contributed by atoms with Gasteiger partial charge in [-0.3, -0.25) is 0 Å². The Balaban J connectivity index is 1.96. The highest BCUT2D eigenvalue weighted by molar-refractivity contribution is 6.20. The molecule has 84 valence electrons. The maximum Gasteiger partial charge on any atom is 0.0518 e. The summed E-state index contributed by atoms with van der Waals surface area (Å²) in [6, 6.07) is 0. The Morgan fingerprint density at radius 2 is 2.00 bits per heavy atom. The second-order valence-electron chi connectivity index (χ2n) is 4.29. The van der Waals surface area contributed by atoms with E-state index in [1.807, 2.05) is 0 Å². The summed E-state index contributed by atoms with van der Waals surface area (Å²) < 4.78 is 5.50. The van der Waals surface area contributed by atoms with Crippen molar-refractivity contribution in [2.45, 2.75) is 44.6 Å². The highest BCUT2D eigenvalue weighted by atomic mass is 35.5. The van der Waals surface area contributed by atoms with E-state index in [4.69, 9.17) is 16.3 Å². The van der Waals surface area contributed by atoms with Gasteiger partial charge in [0.2, 0.25) is 0 Å². The molecule has 0 bridgehead atoms. The summed E-state index contributed by atoms with van der Waals surface area (Å²) in [6.07, 6.45) is 3.80. The summed E-state index contributed by atoms with van der Waals surface area (Å²) in [6.45, 7) is 8.54. The van der Waals surface area contributed by atoms with Crippen molar-refractivity contribution in [1.29, 1.82) is 0 Å². The van der Waals surface area contributed by atoms with Crippen molar-refractivity contribution in [3.63, 3.8) is 0 Å². The van der Waals surface area contributed by atoms with Crippen LogP contribution in [0.15, 0.2) is 0 Å². The minimum atomic E-state index is 0.364. The van der Waals surface area contributed by atoms with Crippen LogP contribution >= 0.6 is 11.6 Å². The van der Waals surface area contributed by atoms with E-state index < -0.39 is 0 Å². The first-order valence-corrected chi connectivity index (χ1v) is 6.10. The van der Waals surface area contributed by atoms with Crippen LogP contribution in [0.2, 0.25) is 0 Å². The SMILES string of the molecule is CC(C)OCCCN1CCC(Cl)CC1. The number of rotatable bonds is 5. The van der Waals surface area contributed by atoms with Gasteiger partial charge in [-0.05, 0) is 46.2 Å². The first kappa shape index (κ1) is 12.3. The largest absolute Gasteiger partial charge is 0.379 e. The third-order valence-corrected chi connectivity index (χ3v) is 3.02. The van der Waals surface area contributed by atoms with Gasteiger partial charge in [0.05, 0.1) is 6.10 Å². The van der Waals surface area contributed by atoms with Gasteiger partial charge in [-0.1, -0.05) is 0 Å². The van der Waals surface area contributed by atoms with E-state index in [-0.39, 0.29) is 0 Å². The Bertz CT molecular complexity index is 144. The molecule has 1 aliphatic heterocycles. The Kier molecular flexibility index (Phi) is 5.83. The number of hydrogen-bond acceptors (Lipinski definition) is 2. The fraction of sp³-hybridized carbons (Fsp3) is 1.00. The first-order valence-electron chi connectivity index (χ1n) is 5.66. The average Bonchev–Trinajstić information content (AvgIpc) is 2.15. The van der Waals surface area contributed by atoms with Gasteiger partial charge < -0.3 is 9.64 Å². The number of nitrogens with zero attached hydrogens (tertiary/aromatic N) is 1. The average molecular weight is 220 g/mol. The van der Waals surface area contributed by atoms with Crippen LogP contribution in [0.1, 0.15) is 33.1 Å². The van der Waals surface area contributed by atoms with E-state index in [1.165, 1.54) is 0 Å². The van der Waals surface area contributed by atoms with E-state index in [9.17, 15) is 0 Å². The first-order chi connectivity index (χ1) is 6.68. The molecule has 1 fully saturated rings. The van der Waals surface area contributed by atoms with E-state index in [2.05, 4.69) is 18.7 Å². The van der Waals surface area contributed by atoms with Crippen LogP contribution in [0.4, 0.5) is 0 Å². The molecule has 0 amide bonds. The van der Waals surface area contributed by atoms with Crippen LogP contribution in [-0.4, -0.2) is 42.6 Å². The number of hydrogen-bond donors (Lipinski definition) is 0. The van der Waals surface area contributed by atoms with Crippen LogP contribution < -0.4 is 0 Å². The van der Waals surface area contributed by atoms with Crippen molar-refractivity contribution in [1.82, 2.24) is 4.90 Å². The minimum Gasteiger partial charge on any atom is -0.379 e. The third-order valence-electron chi connectivity index (χ3n) is 2.59. The normalized spacial score (nSPS) is 20.6. The molecule has 14 heavy (non-hydrogen) atoms. The lowest BCUT2D eigenvalue weighted by molar-refractivity contribution is 0.0691. The van der Waals surface area contributed by atoms with Crippen LogP contribution in [0.5, 0.6) is 0 Å². The summed E-state index contributed by atoms with van der Waals surface area (Å²) in [5.74, 6) is 0. The van der Waals surface area contributed by atoms with E-state index in [1.54, 1.807) is 0 Å². The number of alkyl halides is 1. The molecule has 0 N–H and O–H groups in total. The molecule has 0 aromatic carbocycles. The molecule has 0 atom stereocenters. The molecule has 0 unspecified atom stereocenters. The molecule has 0 aromatic heterocycles. The molecule has 1 saturated heterocycles. The second-order valence-corrected chi connectivity index (χ2v) is 4.91. The molecular weight excluding hydrogens is 198 g/mol. The van der Waals surface area contributed by atoms with Crippen molar-refractivity contribution < 1.29 is 4.74 Å². The highest BCUT2D eigenvalue weighted by Gasteiger charge is 2.16. The quantitative estimate of drug-likeness (QED) is 0.521. The lowest BCUT2D eigenvalue weighted by Crippen LogP contribution is -2.35. The molecule has 0 aromatic rings. The summed E-state index contributed by atoms with van der Waals surface area (Å²) in [5.41, 5.74) is 0. The van der Waals surface area contributed by atoms with Crippen molar-refractivity contribution in [3.05, 3.63) is 0 Å².